The lowest BCUT2D eigenvalue weighted by atomic mass is 10.3. The van der Waals surface area contributed by atoms with Crippen molar-refractivity contribution in [2.24, 2.45) is 0 Å². The van der Waals surface area contributed by atoms with E-state index in [9.17, 15) is 8.42 Å². The summed E-state index contributed by atoms with van der Waals surface area (Å²) in [5.74, 6) is 1.68. The molecule has 3 heterocycles. The van der Waals surface area contributed by atoms with E-state index in [1.807, 2.05) is 6.92 Å². The fraction of sp³-hybridized carbons (Fsp3) is 0.308. The van der Waals surface area contributed by atoms with Gasteiger partial charge in [0, 0.05) is 19.0 Å². The van der Waals surface area contributed by atoms with Crippen molar-refractivity contribution in [3.63, 3.8) is 0 Å². The highest BCUT2D eigenvalue weighted by Gasteiger charge is 2.20. The first-order valence-corrected chi connectivity index (χ1v) is 9.40. The topological polar surface area (TPSA) is 108 Å². The molecule has 2 aromatic heterocycles. The molecule has 1 aliphatic heterocycles. The zero-order valence-electron chi connectivity index (χ0n) is 12.6. The molecular weight excluding hydrogens is 354 g/mol. The van der Waals surface area contributed by atoms with E-state index in [0.29, 0.717) is 28.7 Å². The van der Waals surface area contributed by atoms with Crippen molar-refractivity contribution in [2.45, 2.75) is 18.2 Å². The molecule has 0 aliphatic carbocycles. The molecule has 0 radical (unpaired) electrons. The van der Waals surface area contributed by atoms with Crippen molar-refractivity contribution < 1.29 is 17.9 Å². The number of nitrogens with zero attached hydrogens (tertiary/aromatic N) is 4. The Balaban J connectivity index is 1.44. The van der Waals surface area contributed by atoms with E-state index in [4.69, 9.17) is 9.47 Å². The second-order valence-electron chi connectivity index (χ2n) is 5.10. The maximum atomic E-state index is 12.3. The van der Waals surface area contributed by atoms with Gasteiger partial charge in [0.05, 0.1) is 4.90 Å². The number of nitrogens with one attached hydrogen (secondary N) is 1. The van der Waals surface area contributed by atoms with Crippen LogP contribution < -0.4 is 14.2 Å². The molecule has 1 aliphatic rings. The average Bonchev–Trinajstić information content (AvgIpc) is 3.24. The van der Waals surface area contributed by atoms with Crippen LogP contribution in [0.1, 0.15) is 10.8 Å². The molecule has 11 heteroatoms. The summed E-state index contributed by atoms with van der Waals surface area (Å²) < 4.78 is 39.3. The highest BCUT2D eigenvalue weighted by atomic mass is 32.2. The standard InChI is InChI=1S/C13H13N5O4S2/c1-8-15-16-13-18(8)17-12(23-13)4-5-14-24(19,20)9-2-3-10-11(6-9)22-7-21-10/h2-3,6,14H,4-5,7H2,1H3. The monoisotopic (exact) mass is 367 g/mol. The maximum absolute atomic E-state index is 12.3. The van der Waals surface area contributed by atoms with Gasteiger partial charge in [-0.25, -0.2) is 13.1 Å². The molecule has 9 nitrogen and oxygen atoms in total. The Morgan fingerprint density at radius 3 is 2.96 bits per heavy atom. The van der Waals surface area contributed by atoms with Gasteiger partial charge in [0.15, 0.2) is 17.3 Å². The number of hydrogen-bond donors (Lipinski definition) is 1. The lowest BCUT2D eigenvalue weighted by Gasteiger charge is -2.06. The summed E-state index contributed by atoms with van der Waals surface area (Å²) in [7, 11) is -3.62. The fourth-order valence-corrected chi connectivity index (χ4v) is 4.20. The normalized spacial score (nSPS) is 13.7. The number of benzene rings is 1. The third kappa shape index (κ3) is 2.70. The molecule has 0 saturated carbocycles. The second kappa shape index (κ2) is 5.69. The first kappa shape index (κ1) is 15.3. The fourth-order valence-electron chi connectivity index (χ4n) is 2.28. The van der Waals surface area contributed by atoms with E-state index in [1.165, 1.54) is 23.5 Å². The average molecular weight is 367 g/mol. The molecule has 0 bridgehead atoms. The first-order valence-electron chi connectivity index (χ1n) is 7.10. The number of aryl methyl sites for hydroxylation is 1. The predicted octanol–water partition coefficient (Wildman–Crippen LogP) is 0.744. The predicted molar refractivity (Wildman–Crippen MR) is 84.9 cm³/mol. The van der Waals surface area contributed by atoms with Gasteiger partial charge in [0.1, 0.15) is 5.01 Å². The number of hydrogen-bond acceptors (Lipinski definition) is 8. The first-order chi connectivity index (χ1) is 11.5. The molecule has 1 N–H and O–H groups in total. The molecule has 3 aromatic rings. The number of fused-ring (bicyclic) bond motifs is 2. The lowest BCUT2D eigenvalue weighted by molar-refractivity contribution is 0.174. The minimum atomic E-state index is -3.62. The number of ether oxygens (including phenoxy) is 2. The Morgan fingerprint density at radius 2 is 2.12 bits per heavy atom. The molecule has 0 spiro atoms. The quantitative estimate of drug-likeness (QED) is 0.709. The number of sulfonamides is 1. The summed E-state index contributed by atoms with van der Waals surface area (Å²) in [6.45, 7) is 2.15. The molecule has 0 fully saturated rings. The van der Waals surface area contributed by atoms with Gasteiger partial charge >= 0.3 is 0 Å². The summed E-state index contributed by atoms with van der Waals surface area (Å²) in [6, 6.07) is 4.53. The van der Waals surface area contributed by atoms with Crippen molar-refractivity contribution in [3.8, 4) is 11.5 Å². The van der Waals surface area contributed by atoms with Gasteiger partial charge in [-0.3, -0.25) is 0 Å². The summed E-state index contributed by atoms with van der Waals surface area (Å²) >= 11 is 1.39. The van der Waals surface area contributed by atoms with Gasteiger partial charge in [-0.1, -0.05) is 11.3 Å². The van der Waals surface area contributed by atoms with Crippen LogP contribution in [-0.2, 0) is 16.4 Å². The van der Waals surface area contributed by atoms with Gasteiger partial charge in [0.2, 0.25) is 21.8 Å². The van der Waals surface area contributed by atoms with Crippen LogP contribution in [0, 0.1) is 6.92 Å². The molecular formula is C13H13N5O4S2. The third-order valence-electron chi connectivity index (χ3n) is 3.47. The van der Waals surface area contributed by atoms with E-state index in [0.717, 1.165) is 5.01 Å². The van der Waals surface area contributed by atoms with Gasteiger partial charge in [0.25, 0.3) is 0 Å². The Bertz CT molecular complexity index is 1010. The zero-order valence-corrected chi connectivity index (χ0v) is 14.2. The largest absolute Gasteiger partial charge is 0.454 e. The van der Waals surface area contributed by atoms with Crippen molar-refractivity contribution in [1.29, 1.82) is 0 Å². The molecule has 126 valence electrons. The highest BCUT2D eigenvalue weighted by molar-refractivity contribution is 7.89. The van der Waals surface area contributed by atoms with Crippen molar-refractivity contribution >= 4 is 26.3 Å². The molecule has 0 unspecified atom stereocenters. The molecule has 0 amide bonds. The molecule has 4 rings (SSSR count). The van der Waals surface area contributed by atoms with Crippen LogP contribution in [0.2, 0.25) is 0 Å². The smallest absolute Gasteiger partial charge is 0.240 e. The van der Waals surface area contributed by atoms with Crippen molar-refractivity contribution in [1.82, 2.24) is 24.5 Å². The van der Waals surface area contributed by atoms with Crippen molar-refractivity contribution in [2.75, 3.05) is 13.3 Å². The van der Waals surface area contributed by atoms with Crippen LogP contribution in [0.25, 0.3) is 4.96 Å². The SMILES string of the molecule is Cc1nnc2sc(CCNS(=O)(=O)c3ccc4c(c3)OCO4)nn12. The van der Waals surface area contributed by atoms with Gasteiger partial charge in [-0.2, -0.15) is 9.61 Å². The van der Waals surface area contributed by atoms with Crippen LogP contribution in [0.5, 0.6) is 11.5 Å². The Hall–Kier alpha value is -2.24. The molecule has 1 aromatic carbocycles. The van der Waals surface area contributed by atoms with Gasteiger partial charge in [-0.15, -0.1) is 10.2 Å². The molecule has 24 heavy (non-hydrogen) atoms. The Morgan fingerprint density at radius 1 is 1.29 bits per heavy atom. The van der Waals surface area contributed by atoms with Crippen LogP contribution in [0.15, 0.2) is 23.1 Å². The lowest BCUT2D eigenvalue weighted by Crippen LogP contribution is -2.26. The zero-order chi connectivity index (χ0) is 16.7. The van der Waals surface area contributed by atoms with Gasteiger partial charge < -0.3 is 9.47 Å². The summed E-state index contributed by atoms with van der Waals surface area (Å²) in [4.78, 5) is 0.835. The number of rotatable bonds is 5. The summed E-state index contributed by atoms with van der Waals surface area (Å²) in [5.41, 5.74) is 0. The molecule has 0 atom stereocenters. The minimum Gasteiger partial charge on any atom is -0.454 e. The van der Waals surface area contributed by atoms with E-state index < -0.39 is 10.0 Å². The summed E-state index contributed by atoms with van der Waals surface area (Å²) in [6.07, 6.45) is 0.469. The Kier molecular flexibility index (Phi) is 3.62. The second-order valence-corrected chi connectivity index (χ2v) is 7.91. The maximum Gasteiger partial charge on any atom is 0.240 e. The van der Waals surface area contributed by atoms with Crippen molar-refractivity contribution in [3.05, 3.63) is 29.0 Å². The van der Waals surface area contributed by atoms with Crippen LogP contribution in [0.4, 0.5) is 0 Å². The Labute approximate surface area is 141 Å². The van der Waals surface area contributed by atoms with Crippen LogP contribution in [-0.4, -0.2) is 41.6 Å². The van der Waals surface area contributed by atoms with E-state index >= 15 is 0 Å². The van der Waals surface area contributed by atoms with E-state index in [1.54, 1.807) is 10.6 Å². The highest BCUT2D eigenvalue weighted by Crippen LogP contribution is 2.33. The summed E-state index contributed by atoms with van der Waals surface area (Å²) in [5, 5.41) is 13.0. The molecule has 0 saturated heterocycles. The van der Waals surface area contributed by atoms with E-state index in [2.05, 4.69) is 20.0 Å². The third-order valence-corrected chi connectivity index (χ3v) is 5.89. The minimum absolute atomic E-state index is 0.104. The van der Waals surface area contributed by atoms with E-state index in [-0.39, 0.29) is 18.2 Å². The van der Waals surface area contributed by atoms with Gasteiger partial charge in [-0.05, 0) is 19.1 Å². The number of aromatic nitrogens is 4. The van der Waals surface area contributed by atoms with Crippen LogP contribution in [0.3, 0.4) is 0 Å². The van der Waals surface area contributed by atoms with Crippen LogP contribution >= 0.6 is 11.3 Å².